The van der Waals surface area contributed by atoms with E-state index in [1.165, 1.54) is 0 Å². The van der Waals surface area contributed by atoms with E-state index in [1.807, 2.05) is 77.0 Å². The molecule has 1 aromatic heterocycles. The number of nitrogens with zero attached hydrogens (tertiary/aromatic N) is 2. The molecule has 0 amide bonds. The van der Waals surface area contributed by atoms with Gasteiger partial charge in [-0.25, -0.2) is 9.78 Å². The third-order valence-corrected chi connectivity index (χ3v) is 5.03. The zero-order valence-corrected chi connectivity index (χ0v) is 18.9. The van der Waals surface area contributed by atoms with Gasteiger partial charge in [-0.15, -0.1) is 0 Å². The summed E-state index contributed by atoms with van der Waals surface area (Å²) in [7, 11) is 3.88. The second kappa shape index (κ2) is 8.25. The Bertz CT molecular complexity index is 1090. The lowest BCUT2D eigenvalue weighted by molar-refractivity contribution is -0.160. The monoisotopic (exact) mass is 426 g/mol. The van der Waals surface area contributed by atoms with Gasteiger partial charge in [-0.3, -0.25) is 0 Å². The molecular formula is C24H27ClN2O3. The maximum atomic E-state index is 12.3. The van der Waals surface area contributed by atoms with Gasteiger partial charge in [-0.05, 0) is 74.7 Å². The van der Waals surface area contributed by atoms with Gasteiger partial charge >= 0.3 is 5.97 Å². The van der Waals surface area contributed by atoms with Crippen LogP contribution in [0.1, 0.15) is 38.0 Å². The number of carbonyl (C=O) groups is 1. The molecule has 158 valence electrons. The normalized spacial score (nSPS) is 12.8. The van der Waals surface area contributed by atoms with Crippen molar-refractivity contribution in [3.63, 3.8) is 0 Å². The molecule has 3 rings (SSSR count). The van der Waals surface area contributed by atoms with Crippen LogP contribution in [0.5, 0.6) is 0 Å². The fraction of sp³-hybridized carbons (Fsp3) is 0.333. The number of benzene rings is 2. The van der Waals surface area contributed by atoms with Crippen LogP contribution in [0.25, 0.3) is 22.0 Å². The van der Waals surface area contributed by atoms with Crippen molar-refractivity contribution in [2.45, 2.75) is 39.4 Å². The van der Waals surface area contributed by atoms with E-state index >= 15 is 0 Å². The van der Waals surface area contributed by atoms with Crippen LogP contribution < -0.4 is 4.90 Å². The minimum absolute atomic E-state index is 0.617. The van der Waals surface area contributed by atoms with Crippen LogP contribution in [-0.4, -0.2) is 35.8 Å². The molecular weight excluding hydrogens is 400 g/mol. The number of anilines is 1. The fourth-order valence-electron chi connectivity index (χ4n) is 3.51. The van der Waals surface area contributed by atoms with E-state index in [0.29, 0.717) is 10.6 Å². The number of carboxylic acids is 1. The molecule has 0 radical (unpaired) electrons. The van der Waals surface area contributed by atoms with Crippen LogP contribution in [-0.2, 0) is 9.53 Å². The molecule has 1 atom stereocenters. The number of aryl methyl sites for hydroxylation is 1. The van der Waals surface area contributed by atoms with Gasteiger partial charge in [0, 0.05) is 30.1 Å². The standard InChI is InChI=1S/C24H27ClN2O3/c1-14-13-18-17(11-12-19(26-18)27(5)6)21(15-7-9-16(25)10-8-15)20(14)22(23(28)29)30-24(2,3)4/h7-13,22H,1-6H3,(H,28,29). The summed E-state index contributed by atoms with van der Waals surface area (Å²) in [6.07, 6.45) is -1.12. The Labute approximate surface area is 182 Å². The molecule has 0 fully saturated rings. The molecule has 5 nitrogen and oxygen atoms in total. The van der Waals surface area contributed by atoms with Gasteiger partial charge in [0.15, 0.2) is 6.10 Å². The molecule has 3 aromatic rings. The highest BCUT2D eigenvalue weighted by molar-refractivity contribution is 6.30. The molecule has 0 aliphatic carbocycles. The van der Waals surface area contributed by atoms with E-state index in [2.05, 4.69) is 0 Å². The van der Waals surface area contributed by atoms with Crippen molar-refractivity contribution in [1.82, 2.24) is 4.98 Å². The summed E-state index contributed by atoms with van der Waals surface area (Å²) in [6, 6.07) is 13.3. The number of hydrogen-bond acceptors (Lipinski definition) is 4. The number of aromatic nitrogens is 1. The van der Waals surface area contributed by atoms with Gasteiger partial charge in [-0.2, -0.15) is 0 Å². The number of halogens is 1. The van der Waals surface area contributed by atoms with Crippen LogP contribution in [0, 0.1) is 6.92 Å². The first-order chi connectivity index (χ1) is 14.0. The number of hydrogen-bond donors (Lipinski definition) is 1. The molecule has 1 heterocycles. The van der Waals surface area contributed by atoms with Crippen molar-refractivity contribution in [2.75, 3.05) is 19.0 Å². The molecule has 2 aromatic carbocycles. The van der Waals surface area contributed by atoms with E-state index in [1.54, 1.807) is 12.1 Å². The Kier molecular flexibility index (Phi) is 6.06. The molecule has 1 unspecified atom stereocenters. The average Bonchev–Trinajstić information content (AvgIpc) is 2.64. The van der Waals surface area contributed by atoms with Crippen molar-refractivity contribution in [1.29, 1.82) is 0 Å². The molecule has 0 bridgehead atoms. The summed E-state index contributed by atoms with van der Waals surface area (Å²) in [4.78, 5) is 19.0. The van der Waals surface area contributed by atoms with E-state index in [0.717, 1.165) is 33.4 Å². The lowest BCUT2D eigenvalue weighted by Gasteiger charge is -2.28. The Morgan fingerprint density at radius 2 is 1.77 bits per heavy atom. The minimum atomic E-state index is -1.12. The van der Waals surface area contributed by atoms with Crippen molar-refractivity contribution < 1.29 is 14.6 Å². The molecule has 0 spiro atoms. The van der Waals surface area contributed by atoms with Crippen LogP contribution in [0.15, 0.2) is 42.5 Å². The quantitative estimate of drug-likeness (QED) is 0.552. The molecule has 30 heavy (non-hydrogen) atoms. The highest BCUT2D eigenvalue weighted by Crippen LogP contribution is 2.40. The molecule has 0 saturated carbocycles. The Morgan fingerprint density at radius 1 is 1.13 bits per heavy atom. The van der Waals surface area contributed by atoms with Gasteiger partial charge in [0.1, 0.15) is 5.82 Å². The number of carboxylic acid groups (broad SMARTS) is 1. The lowest BCUT2D eigenvalue weighted by Crippen LogP contribution is -2.28. The zero-order chi connectivity index (χ0) is 22.2. The Morgan fingerprint density at radius 3 is 2.30 bits per heavy atom. The predicted octanol–water partition coefficient (Wildman–Crippen LogP) is 5.87. The number of aliphatic carboxylic acids is 1. The van der Waals surface area contributed by atoms with Crippen molar-refractivity contribution in [2.24, 2.45) is 0 Å². The smallest absolute Gasteiger partial charge is 0.337 e. The second-order valence-corrected chi connectivity index (χ2v) is 9.00. The van der Waals surface area contributed by atoms with Crippen LogP contribution >= 0.6 is 11.6 Å². The van der Waals surface area contributed by atoms with E-state index in [9.17, 15) is 9.90 Å². The fourth-order valence-corrected chi connectivity index (χ4v) is 3.64. The number of ether oxygens (including phenoxy) is 1. The molecule has 0 aliphatic heterocycles. The lowest BCUT2D eigenvalue weighted by atomic mass is 9.88. The summed E-state index contributed by atoms with van der Waals surface area (Å²) in [5.41, 5.74) is 3.28. The van der Waals surface area contributed by atoms with Crippen LogP contribution in [0.2, 0.25) is 5.02 Å². The third-order valence-electron chi connectivity index (χ3n) is 4.78. The van der Waals surface area contributed by atoms with Gasteiger partial charge in [-0.1, -0.05) is 23.7 Å². The summed E-state index contributed by atoms with van der Waals surface area (Å²) in [5, 5.41) is 11.5. The van der Waals surface area contributed by atoms with Crippen molar-refractivity contribution in [3.8, 4) is 11.1 Å². The second-order valence-electron chi connectivity index (χ2n) is 8.57. The highest BCUT2D eigenvalue weighted by Gasteiger charge is 2.31. The first-order valence-corrected chi connectivity index (χ1v) is 10.1. The van der Waals surface area contributed by atoms with Crippen molar-refractivity contribution in [3.05, 3.63) is 58.6 Å². The van der Waals surface area contributed by atoms with Gasteiger partial charge < -0.3 is 14.7 Å². The average molecular weight is 427 g/mol. The SMILES string of the molecule is Cc1cc2nc(N(C)C)ccc2c(-c2ccc(Cl)cc2)c1C(OC(C)(C)C)C(=O)O. The number of fused-ring (bicyclic) bond motifs is 1. The van der Waals surface area contributed by atoms with E-state index in [4.69, 9.17) is 21.3 Å². The number of pyridine rings is 1. The van der Waals surface area contributed by atoms with E-state index in [-0.39, 0.29) is 0 Å². The molecule has 0 aliphatic rings. The summed E-state index contributed by atoms with van der Waals surface area (Å²) in [6.45, 7) is 7.46. The predicted molar refractivity (Wildman–Crippen MR) is 122 cm³/mol. The third kappa shape index (κ3) is 4.58. The maximum Gasteiger partial charge on any atom is 0.337 e. The minimum Gasteiger partial charge on any atom is -0.479 e. The largest absolute Gasteiger partial charge is 0.479 e. The zero-order valence-electron chi connectivity index (χ0n) is 18.2. The summed E-state index contributed by atoms with van der Waals surface area (Å²) in [5.74, 6) is -0.196. The van der Waals surface area contributed by atoms with Gasteiger partial charge in [0.2, 0.25) is 0 Å². The van der Waals surface area contributed by atoms with Crippen molar-refractivity contribution >= 4 is 34.3 Å². The molecule has 1 N–H and O–H groups in total. The summed E-state index contributed by atoms with van der Waals surface area (Å²) < 4.78 is 6.01. The Balaban J connectivity index is 2.39. The highest BCUT2D eigenvalue weighted by atomic mass is 35.5. The first kappa shape index (κ1) is 22.1. The van der Waals surface area contributed by atoms with Gasteiger partial charge in [0.05, 0.1) is 11.1 Å². The topological polar surface area (TPSA) is 62.7 Å². The first-order valence-electron chi connectivity index (χ1n) is 9.76. The Hall–Kier alpha value is -2.63. The van der Waals surface area contributed by atoms with E-state index < -0.39 is 17.7 Å². The molecule has 6 heteroatoms. The maximum absolute atomic E-state index is 12.3. The van der Waals surface area contributed by atoms with Crippen LogP contribution in [0.4, 0.5) is 5.82 Å². The molecule has 0 saturated heterocycles. The summed E-state index contributed by atoms with van der Waals surface area (Å²) >= 11 is 6.11. The number of rotatable bonds is 5. The van der Waals surface area contributed by atoms with Crippen LogP contribution in [0.3, 0.4) is 0 Å². The van der Waals surface area contributed by atoms with Gasteiger partial charge in [0.25, 0.3) is 0 Å².